The predicted molar refractivity (Wildman–Crippen MR) is 96.0 cm³/mol. The fraction of sp³-hybridized carbons (Fsp3) is 0.0500. The third-order valence-electron chi connectivity index (χ3n) is 4.44. The maximum Gasteiger partial charge on any atom is 0.186 e. The minimum absolute atomic E-state index is 0.794. The van der Waals surface area contributed by atoms with Crippen LogP contribution in [-0.4, -0.2) is 19.8 Å². The second-order valence-electron chi connectivity index (χ2n) is 5.92. The third-order valence-corrected chi connectivity index (χ3v) is 4.44. The van der Waals surface area contributed by atoms with Crippen LogP contribution >= 0.6 is 0 Å². The predicted octanol–water partition coefficient (Wildman–Crippen LogP) is 4.41. The smallest absolute Gasteiger partial charge is 0.186 e. The van der Waals surface area contributed by atoms with Crippen molar-refractivity contribution >= 4 is 27.5 Å². The van der Waals surface area contributed by atoms with Gasteiger partial charge in [0.05, 0.1) is 11.3 Å². The Balaban J connectivity index is 1.98. The number of aryl methyl sites for hydroxylation is 1. The van der Waals surface area contributed by atoms with E-state index in [1.54, 1.807) is 0 Å². The van der Waals surface area contributed by atoms with Crippen LogP contribution in [0.3, 0.4) is 0 Å². The molecular weight excluding hydrogens is 296 g/mol. The van der Waals surface area contributed by atoms with E-state index >= 15 is 0 Å². The number of hydrogen-bond acceptors (Lipinski definition) is 3. The van der Waals surface area contributed by atoms with Crippen LogP contribution in [-0.2, 0) is 0 Å². The van der Waals surface area contributed by atoms with Gasteiger partial charge in [-0.3, -0.25) is 0 Å². The van der Waals surface area contributed by atoms with Crippen LogP contribution in [0.1, 0.15) is 5.69 Å². The Morgan fingerprint density at radius 3 is 2.46 bits per heavy atom. The lowest BCUT2D eigenvalue weighted by atomic mass is 10.1. The SMILES string of the molecule is Cc1nn2c(nnc3ccc4ccccc4c32)c1-c1ccccc1. The number of nitrogens with zero attached hydrogens (tertiary/aromatic N) is 4. The number of rotatable bonds is 1. The van der Waals surface area contributed by atoms with E-state index in [0.29, 0.717) is 0 Å². The molecular formula is C20H14N4. The molecule has 4 heteroatoms. The first kappa shape index (κ1) is 13.2. The highest BCUT2D eigenvalue weighted by atomic mass is 15.3. The summed E-state index contributed by atoms with van der Waals surface area (Å²) in [7, 11) is 0. The van der Waals surface area contributed by atoms with Gasteiger partial charge in [-0.15, -0.1) is 10.2 Å². The summed E-state index contributed by atoms with van der Waals surface area (Å²) in [4.78, 5) is 0. The first-order valence-corrected chi connectivity index (χ1v) is 7.92. The minimum atomic E-state index is 0.794. The van der Waals surface area contributed by atoms with Gasteiger partial charge in [0.1, 0.15) is 11.0 Å². The molecule has 0 radical (unpaired) electrons. The molecule has 0 bridgehead atoms. The molecule has 0 atom stereocenters. The summed E-state index contributed by atoms with van der Waals surface area (Å²) in [6.07, 6.45) is 0. The molecule has 0 saturated carbocycles. The van der Waals surface area contributed by atoms with Crippen LogP contribution in [0.15, 0.2) is 66.7 Å². The van der Waals surface area contributed by atoms with E-state index in [4.69, 9.17) is 5.10 Å². The van der Waals surface area contributed by atoms with Gasteiger partial charge >= 0.3 is 0 Å². The van der Waals surface area contributed by atoms with Crippen LogP contribution in [0.4, 0.5) is 0 Å². The summed E-state index contributed by atoms with van der Waals surface area (Å²) in [5, 5.41) is 16.0. The second-order valence-corrected chi connectivity index (χ2v) is 5.92. The minimum Gasteiger partial charge on any atom is -0.210 e. The van der Waals surface area contributed by atoms with Gasteiger partial charge in [0.15, 0.2) is 5.65 Å². The van der Waals surface area contributed by atoms with Gasteiger partial charge in [0.25, 0.3) is 0 Å². The summed E-state index contributed by atoms with van der Waals surface area (Å²) in [6.45, 7) is 2.02. The zero-order valence-electron chi connectivity index (χ0n) is 13.1. The Morgan fingerprint density at radius 1 is 0.792 bits per heavy atom. The van der Waals surface area contributed by atoms with Gasteiger partial charge in [-0.25, -0.2) is 4.52 Å². The first-order valence-electron chi connectivity index (χ1n) is 7.92. The van der Waals surface area contributed by atoms with Gasteiger partial charge in [-0.2, -0.15) is 5.10 Å². The molecule has 3 aromatic carbocycles. The number of aromatic nitrogens is 4. The summed E-state index contributed by atoms with van der Waals surface area (Å²) in [5.74, 6) is 0. The van der Waals surface area contributed by atoms with Crippen molar-refractivity contribution in [3.8, 4) is 11.1 Å². The molecule has 4 nitrogen and oxygen atoms in total. The Morgan fingerprint density at radius 2 is 1.58 bits per heavy atom. The Kier molecular flexibility index (Phi) is 2.67. The molecule has 114 valence electrons. The molecule has 0 fully saturated rings. The van der Waals surface area contributed by atoms with Crippen LogP contribution in [0, 0.1) is 6.92 Å². The number of benzene rings is 3. The lowest BCUT2D eigenvalue weighted by Gasteiger charge is -2.05. The fourth-order valence-corrected chi connectivity index (χ4v) is 3.35. The van der Waals surface area contributed by atoms with E-state index in [2.05, 4.69) is 40.5 Å². The zero-order chi connectivity index (χ0) is 16.1. The summed E-state index contributed by atoms with van der Waals surface area (Å²) >= 11 is 0. The third kappa shape index (κ3) is 1.77. The van der Waals surface area contributed by atoms with Crippen LogP contribution in [0.5, 0.6) is 0 Å². The van der Waals surface area contributed by atoms with Crippen molar-refractivity contribution in [2.75, 3.05) is 0 Å². The highest BCUT2D eigenvalue weighted by Crippen LogP contribution is 2.30. The van der Waals surface area contributed by atoms with Crippen LogP contribution < -0.4 is 0 Å². The molecule has 0 aliphatic carbocycles. The fourth-order valence-electron chi connectivity index (χ4n) is 3.35. The molecule has 0 aliphatic rings. The standard InChI is InChI=1S/C20H14N4/c1-13-18(15-8-3-2-4-9-15)20-22-21-17-12-11-14-7-5-6-10-16(14)19(17)24(20)23-13/h2-12H,1H3. The van der Waals surface area contributed by atoms with E-state index < -0.39 is 0 Å². The van der Waals surface area contributed by atoms with Crippen molar-refractivity contribution in [2.24, 2.45) is 0 Å². The average molecular weight is 310 g/mol. The molecule has 0 amide bonds. The second kappa shape index (κ2) is 4.86. The van der Waals surface area contributed by atoms with E-state index in [1.165, 1.54) is 5.39 Å². The summed E-state index contributed by atoms with van der Waals surface area (Å²) < 4.78 is 1.93. The molecule has 5 aromatic rings. The van der Waals surface area contributed by atoms with Crippen molar-refractivity contribution in [2.45, 2.75) is 6.92 Å². The van der Waals surface area contributed by atoms with Crippen molar-refractivity contribution in [1.29, 1.82) is 0 Å². The van der Waals surface area contributed by atoms with E-state index in [9.17, 15) is 0 Å². The van der Waals surface area contributed by atoms with Crippen LogP contribution in [0.2, 0.25) is 0 Å². The maximum atomic E-state index is 4.78. The molecule has 24 heavy (non-hydrogen) atoms. The molecule has 0 unspecified atom stereocenters. The molecule has 0 saturated heterocycles. The maximum absolute atomic E-state index is 4.78. The highest BCUT2D eigenvalue weighted by molar-refractivity contribution is 6.05. The average Bonchev–Trinajstić information content (AvgIpc) is 2.98. The summed E-state index contributed by atoms with van der Waals surface area (Å²) in [5.41, 5.74) is 5.75. The van der Waals surface area contributed by atoms with Gasteiger partial charge in [-0.1, -0.05) is 60.7 Å². The van der Waals surface area contributed by atoms with Crippen molar-refractivity contribution < 1.29 is 0 Å². The molecule has 2 aromatic heterocycles. The van der Waals surface area contributed by atoms with Crippen molar-refractivity contribution in [3.63, 3.8) is 0 Å². The topological polar surface area (TPSA) is 43.1 Å². The van der Waals surface area contributed by atoms with Gasteiger partial charge < -0.3 is 0 Å². The number of hydrogen-bond donors (Lipinski definition) is 0. The lowest BCUT2D eigenvalue weighted by Crippen LogP contribution is -1.97. The molecule has 2 heterocycles. The largest absolute Gasteiger partial charge is 0.210 e. The van der Waals surface area contributed by atoms with Crippen LogP contribution in [0.25, 0.3) is 38.6 Å². The van der Waals surface area contributed by atoms with Gasteiger partial charge in [0, 0.05) is 5.39 Å². The number of fused-ring (bicyclic) bond motifs is 5. The lowest BCUT2D eigenvalue weighted by molar-refractivity contribution is 0.929. The summed E-state index contributed by atoms with van der Waals surface area (Å²) in [6, 6.07) is 22.6. The Bertz CT molecular complexity index is 1210. The molecule has 0 N–H and O–H groups in total. The molecule has 0 spiro atoms. The van der Waals surface area contributed by atoms with Gasteiger partial charge in [-0.05, 0) is 23.9 Å². The van der Waals surface area contributed by atoms with Crippen molar-refractivity contribution in [3.05, 3.63) is 72.4 Å². The van der Waals surface area contributed by atoms with E-state index in [-0.39, 0.29) is 0 Å². The first-order chi connectivity index (χ1) is 11.8. The highest BCUT2D eigenvalue weighted by Gasteiger charge is 2.16. The zero-order valence-corrected chi connectivity index (χ0v) is 13.1. The normalized spacial score (nSPS) is 11.5. The Labute approximate surface area is 138 Å². The monoisotopic (exact) mass is 310 g/mol. The van der Waals surface area contributed by atoms with Gasteiger partial charge in [0.2, 0.25) is 0 Å². The molecule has 5 rings (SSSR count). The van der Waals surface area contributed by atoms with E-state index in [0.717, 1.165) is 38.9 Å². The Hall–Kier alpha value is -3.27. The molecule has 0 aliphatic heterocycles. The van der Waals surface area contributed by atoms with Crippen molar-refractivity contribution in [1.82, 2.24) is 19.8 Å². The van der Waals surface area contributed by atoms with E-state index in [1.807, 2.05) is 47.8 Å². The quantitative estimate of drug-likeness (QED) is 0.431.